The zero-order chi connectivity index (χ0) is 21.5. The summed E-state index contributed by atoms with van der Waals surface area (Å²) in [6.07, 6.45) is 2.41. The molecule has 0 aliphatic heterocycles. The van der Waals surface area contributed by atoms with E-state index < -0.39 is 0 Å². The van der Waals surface area contributed by atoms with E-state index in [1.807, 2.05) is 42.5 Å². The highest BCUT2D eigenvalue weighted by atomic mass is 19.1. The molecule has 0 aliphatic rings. The number of aromatic nitrogens is 1. The molecule has 0 saturated carbocycles. The lowest BCUT2D eigenvalue weighted by Crippen LogP contribution is -2.16. The number of hydrogen-bond acceptors (Lipinski definition) is 2. The van der Waals surface area contributed by atoms with Gasteiger partial charge in [0.25, 0.3) is 0 Å². The standard InChI is InChI=1S/C27H22FN3/c1-29-25-17-26(22-7-3-2-4-8-22)27(31-19-25)23-12-10-21(11-13-23)18-30-15-14-20-6-5-9-24(28)16-20/h2-13,16-17,19,30H,14-15,18H2. The lowest BCUT2D eigenvalue weighted by Gasteiger charge is -2.11. The molecule has 1 heterocycles. The van der Waals surface area contributed by atoms with Crippen LogP contribution in [0.2, 0.25) is 0 Å². The first-order valence-corrected chi connectivity index (χ1v) is 10.2. The van der Waals surface area contributed by atoms with E-state index in [9.17, 15) is 4.39 Å². The quantitative estimate of drug-likeness (QED) is 0.282. The van der Waals surface area contributed by atoms with Gasteiger partial charge in [-0.25, -0.2) is 9.24 Å². The zero-order valence-corrected chi connectivity index (χ0v) is 17.1. The van der Waals surface area contributed by atoms with E-state index in [0.29, 0.717) is 5.69 Å². The molecule has 3 nitrogen and oxygen atoms in total. The van der Waals surface area contributed by atoms with Crippen molar-refractivity contribution in [3.05, 3.63) is 119 Å². The van der Waals surface area contributed by atoms with Crippen LogP contribution in [0, 0.1) is 12.4 Å². The molecule has 152 valence electrons. The average molecular weight is 407 g/mol. The second kappa shape index (κ2) is 9.80. The summed E-state index contributed by atoms with van der Waals surface area (Å²) in [4.78, 5) is 8.11. The summed E-state index contributed by atoms with van der Waals surface area (Å²) in [7, 11) is 0. The van der Waals surface area contributed by atoms with Crippen LogP contribution in [0.1, 0.15) is 11.1 Å². The van der Waals surface area contributed by atoms with Gasteiger partial charge in [-0.15, -0.1) is 0 Å². The number of benzene rings is 3. The van der Waals surface area contributed by atoms with Gasteiger partial charge in [0, 0.05) is 18.3 Å². The van der Waals surface area contributed by atoms with Crippen molar-refractivity contribution in [3.63, 3.8) is 0 Å². The summed E-state index contributed by atoms with van der Waals surface area (Å²) in [6, 6.07) is 26.9. The van der Waals surface area contributed by atoms with Crippen molar-refractivity contribution in [2.45, 2.75) is 13.0 Å². The van der Waals surface area contributed by atoms with E-state index in [1.54, 1.807) is 18.3 Å². The molecule has 1 aromatic heterocycles. The highest BCUT2D eigenvalue weighted by Gasteiger charge is 2.10. The molecule has 0 amide bonds. The van der Waals surface area contributed by atoms with Crippen LogP contribution in [0.3, 0.4) is 0 Å². The third-order valence-electron chi connectivity index (χ3n) is 5.12. The van der Waals surface area contributed by atoms with E-state index in [2.05, 4.69) is 39.4 Å². The molecule has 0 bridgehead atoms. The van der Waals surface area contributed by atoms with Crippen molar-refractivity contribution in [2.75, 3.05) is 6.54 Å². The Kier molecular flexibility index (Phi) is 6.47. The predicted molar refractivity (Wildman–Crippen MR) is 123 cm³/mol. The Morgan fingerprint density at radius 1 is 0.839 bits per heavy atom. The summed E-state index contributed by atoms with van der Waals surface area (Å²) in [6.45, 7) is 8.83. The normalized spacial score (nSPS) is 10.6. The van der Waals surface area contributed by atoms with Gasteiger partial charge in [0.1, 0.15) is 5.82 Å². The Hall–Kier alpha value is -3.81. The van der Waals surface area contributed by atoms with Crippen LogP contribution >= 0.6 is 0 Å². The Labute approximate surface area is 182 Å². The first-order valence-electron chi connectivity index (χ1n) is 10.2. The molecule has 0 spiro atoms. The number of nitrogens with one attached hydrogen (secondary N) is 1. The third-order valence-corrected chi connectivity index (χ3v) is 5.12. The van der Waals surface area contributed by atoms with Gasteiger partial charge in [-0.05, 0) is 53.4 Å². The maximum atomic E-state index is 13.3. The zero-order valence-electron chi connectivity index (χ0n) is 17.1. The largest absolute Gasteiger partial charge is 0.312 e. The van der Waals surface area contributed by atoms with Gasteiger partial charge in [-0.1, -0.05) is 66.7 Å². The summed E-state index contributed by atoms with van der Waals surface area (Å²) >= 11 is 0. The average Bonchev–Trinajstić information content (AvgIpc) is 2.82. The molecular formula is C27H22FN3. The lowest BCUT2D eigenvalue weighted by atomic mass is 9.98. The highest BCUT2D eigenvalue weighted by Crippen LogP contribution is 2.33. The fourth-order valence-electron chi connectivity index (χ4n) is 3.52. The Bertz CT molecular complexity index is 1200. The maximum absolute atomic E-state index is 13.3. The molecule has 0 unspecified atom stereocenters. The van der Waals surface area contributed by atoms with Gasteiger partial charge in [-0.3, -0.25) is 4.98 Å². The van der Waals surface area contributed by atoms with Gasteiger partial charge in [0.15, 0.2) is 0 Å². The van der Waals surface area contributed by atoms with E-state index in [-0.39, 0.29) is 5.82 Å². The SMILES string of the molecule is [C-]#[N+]c1cnc(-c2ccc(CNCCc3cccc(F)c3)cc2)c(-c2ccccc2)c1. The van der Waals surface area contributed by atoms with Crippen molar-refractivity contribution >= 4 is 5.69 Å². The second-order valence-corrected chi connectivity index (χ2v) is 7.32. The van der Waals surface area contributed by atoms with Crippen LogP contribution < -0.4 is 5.32 Å². The third kappa shape index (κ3) is 5.22. The van der Waals surface area contributed by atoms with E-state index >= 15 is 0 Å². The number of pyridine rings is 1. The predicted octanol–water partition coefficient (Wildman–Crippen LogP) is 6.44. The fourth-order valence-corrected chi connectivity index (χ4v) is 3.52. The van der Waals surface area contributed by atoms with Gasteiger partial charge in [0.05, 0.1) is 12.3 Å². The molecule has 31 heavy (non-hydrogen) atoms. The topological polar surface area (TPSA) is 29.3 Å². The fraction of sp³-hybridized carbons (Fsp3) is 0.111. The molecular weight excluding hydrogens is 385 g/mol. The van der Waals surface area contributed by atoms with E-state index in [4.69, 9.17) is 6.57 Å². The molecule has 0 radical (unpaired) electrons. The lowest BCUT2D eigenvalue weighted by molar-refractivity contribution is 0.622. The van der Waals surface area contributed by atoms with E-state index in [0.717, 1.165) is 47.5 Å². The summed E-state index contributed by atoms with van der Waals surface area (Å²) in [5.74, 6) is -0.194. The van der Waals surface area contributed by atoms with Crippen molar-refractivity contribution in [1.29, 1.82) is 0 Å². The molecule has 0 aliphatic carbocycles. The summed E-state index contributed by atoms with van der Waals surface area (Å²) in [5.41, 5.74) is 6.56. The van der Waals surface area contributed by atoms with Crippen LogP contribution in [0.15, 0.2) is 91.1 Å². The molecule has 0 fully saturated rings. The van der Waals surface area contributed by atoms with Crippen LogP contribution in [0.5, 0.6) is 0 Å². The van der Waals surface area contributed by atoms with Crippen LogP contribution in [0.4, 0.5) is 10.1 Å². The summed E-state index contributed by atoms with van der Waals surface area (Å²) < 4.78 is 13.3. The molecule has 4 aromatic rings. The number of rotatable bonds is 7. The molecule has 4 heteroatoms. The van der Waals surface area contributed by atoms with Crippen LogP contribution in [0.25, 0.3) is 27.2 Å². The van der Waals surface area contributed by atoms with Crippen LogP contribution in [-0.2, 0) is 13.0 Å². The monoisotopic (exact) mass is 407 g/mol. The minimum atomic E-state index is -0.194. The Morgan fingerprint density at radius 2 is 1.65 bits per heavy atom. The number of halogens is 1. The molecule has 1 N–H and O–H groups in total. The number of nitrogens with zero attached hydrogens (tertiary/aromatic N) is 2. The van der Waals surface area contributed by atoms with Gasteiger partial charge in [-0.2, -0.15) is 0 Å². The molecule has 3 aromatic carbocycles. The molecule has 4 rings (SSSR count). The van der Waals surface area contributed by atoms with Crippen LogP contribution in [-0.4, -0.2) is 11.5 Å². The minimum Gasteiger partial charge on any atom is -0.312 e. The highest BCUT2D eigenvalue weighted by molar-refractivity contribution is 5.82. The van der Waals surface area contributed by atoms with Crippen molar-refractivity contribution in [3.8, 4) is 22.4 Å². The molecule has 0 atom stereocenters. The van der Waals surface area contributed by atoms with Gasteiger partial charge in [0.2, 0.25) is 5.69 Å². The minimum absolute atomic E-state index is 0.194. The van der Waals surface area contributed by atoms with Gasteiger partial charge >= 0.3 is 0 Å². The first kappa shape index (κ1) is 20.5. The second-order valence-electron chi connectivity index (χ2n) is 7.32. The Balaban J connectivity index is 1.45. The van der Waals surface area contributed by atoms with Crippen molar-refractivity contribution in [2.24, 2.45) is 0 Å². The molecule has 0 saturated heterocycles. The summed E-state index contributed by atoms with van der Waals surface area (Å²) in [5, 5.41) is 3.41. The first-order chi connectivity index (χ1) is 15.2. The number of hydrogen-bond donors (Lipinski definition) is 1. The van der Waals surface area contributed by atoms with Crippen molar-refractivity contribution < 1.29 is 4.39 Å². The maximum Gasteiger partial charge on any atom is 0.205 e. The van der Waals surface area contributed by atoms with E-state index in [1.165, 1.54) is 11.6 Å². The van der Waals surface area contributed by atoms with Crippen molar-refractivity contribution in [1.82, 2.24) is 10.3 Å². The van der Waals surface area contributed by atoms with Gasteiger partial charge < -0.3 is 5.32 Å². The Morgan fingerprint density at radius 3 is 2.39 bits per heavy atom. The smallest absolute Gasteiger partial charge is 0.205 e.